The molecule has 0 bridgehead atoms. The predicted octanol–water partition coefficient (Wildman–Crippen LogP) is 4.83. The molecule has 0 radical (unpaired) electrons. The monoisotopic (exact) mass is 294 g/mol. The summed E-state index contributed by atoms with van der Waals surface area (Å²) in [6.07, 6.45) is 0. The summed E-state index contributed by atoms with van der Waals surface area (Å²) >= 11 is 1.56. The first kappa shape index (κ1) is 13.7. The third-order valence-corrected chi connectivity index (χ3v) is 4.44. The van der Waals surface area contributed by atoms with E-state index in [4.69, 9.17) is 0 Å². The Morgan fingerprint density at radius 2 is 1.52 bits per heavy atom. The highest BCUT2D eigenvalue weighted by atomic mass is 32.2. The maximum absolute atomic E-state index is 11.5. The van der Waals surface area contributed by atoms with E-state index in [9.17, 15) is 9.90 Å². The minimum atomic E-state index is -0.878. The van der Waals surface area contributed by atoms with Crippen LogP contribution in [0.4, 0.5) is 0 Å². The average Bonchev–Trinajstić information content (AvgIpc) is 2.53. The molecule has 0 heterocycles. The van der Waals surface area contributed by atoms with Gasteiger partial charge in [0.05, 0.1) is 5.56 Å². The summed E-state index contributed by atoms with van der Waals surface area (Å²) in [5.41, 5.74) is 1.56. The van der Waals surface area contributed by atoms with Crippen LogP contribution in [-0.2, 0) is 5.75 Å². The van der Waals surface area contributed by atoms with Gasteiger partial charge >= 0.3 is 5.97 Å². The maximum Gasteiger partial charge on any atom is 0.336 e. The van der Waals surface area contributed by atoms with Crippen LogP contribution in [-0.4, -0.2) is 11.1 Å². The molecule has 0 saturated heterocycles. The first-order chi connectivity index (χ1) is 10.2. The van der Waals surface area contributed by atoms with Crippen molar-refractivity contribution in [3.05, 3.63) is 77.9 Å². The van der Waals surface area contributed by atoms with Gasteiger partial charge in [0.2, 0.25) is 0 Å². The number of aromatic carboxylic acids is 1. The largest absolute Gasteiger partial charge is 0.478 e. The molecule has 0 aliphatic carbocycles. The zero-order chi connectivity index (χ0) is 14.7. The quantitative estimate of drug-likeness (QED) is 0.700. The first-order valence-electron chi connectivity index (χ1n) is 6.67. The Kier molecular flexibility index (Phi) is 3.93. The Labute approximate surface area is 127 Å². The van der Waals surface area contributed by atoms with Gasteiger partial charge in [0, 0.05) is 10.6 Å². The molecule has 0 unspecified atom stereocenters. The Bertz CT molecular complexity index is 782. The smallest absolute Gasteiger partial charge is 0.336 e. The number of carboxylic acid groups (broad SMARTS) is 1. The fourth-order valence-corrected chi connectivity index (χ4v) is 3.27. The molecular weight excluding hydrogens is 280 g/mol. The standard InChI is InChI=1S/C18H14O2S/c19-18(20)16-10-14-8-4-5-9-15(14)11-17(16)21-12-13-6-2-1-3-7-13/h1-11H,12H2,(H,19,20). The van der Waals surface area contributed by atoms with Crippen molar-refractivity contribution < 1.29 is 9.90 Å². The molecule has 3 heteroatoms. The fraction of sp³-hybridized carbons (Fsp3) is 0.0556. The second-order valence-electron chi connectivity index (χ2n) is 4.77. The van der Waals surface area contributed by atoms with E-state index in [1.165, 1.54) is 5.56 Å². The molecule has 3 aromatic carbocycles. The van der Waals surface area contributed by atoms with Gasteiger partial charge in [-0.3, -0.25) is 0 Å². The van der Waals surface area contributed by atoms with Crippen molar-refractivity contribution in [2.45, 2.75) is 10.6 Å². The Morgan fingerprint density at radius 3 is 2.19 bits per heavy atom. The number of benzene rings is 3. The maximum atomic E-state index is 11.5. The zero-order valence-corrected chi connectivity index (χ0v) is 12.1. The number of thioether (sulfide) groups is 1. The molecule has 0 aliphatic rings. The normalized spacial score (nSPS) is 10.7. The van der Waals surface area contributed by atoms with E-state index in [2.05, 4.69) is 12.1 Å². The van der Waals surface area contributed by atoms with E-state index in [0.717, 1.165) is 21.4 Å². The number of fused-ring (bicyclic) bond motifs is 1. The molecule has 0 saturated carbocycles. The van der Waals surface area contributed by atoms with Crippen molar-refractivity contribution in [3.8, 4) is 0 Å². The van der Waals surface area contributed by atoms with Crippen LogP contribution < -0.4 is 0 Å². The van der Waals surface area contributed by atoms with Gasteiger partial charge in [0.25, 0.3) is 0 Å². The Balaban J connectivity index is 1.96. The van der Waals surface area contributed by atoms with Gasteiger partial charge in [-0.25, -0.2) is 4.79 Å². The van der Waals surface area contributed by atoms with Crippen molar-refractivity contribution in [1.82, 2.24) is 0 Å². The highest BCUT2D eigenvalue weighted by Gasteiger charge is 2.12. The fourth-order valence-electron chi connectivity index (χ4n) is 2.24. The predicted molar refractivity (Wildman–Crippen MR) is 86.9 cm³/mol. The summed E-state index contributed by atoms with van der Waals surface area (Å²) in [5, 5.41) is 11.4. The summed E-state index contributed by atoms with van der Waals surface area (Å²) in [4.78, 5) is 12.3. The highest BCUT2D eigenvalue weighted by Crippen LogP contribution is 2.30. The van der Waals surface area contributed by atoms with Gasteiger partial charge in [-0.15, -0.1) is 11.8 Å². The van der Waals surface area contributed by atoms with Crippen LogP contribution in [0.2, 0.25) is 0 Å². The third kappa shape index (κ3) is 3.09. The molecule has 2 nitrogen and oxygen atoms in total. The highest BCUT2D eigenvalue weighted by molar-refractivity contribution is 7.98. The van der Waals surface area contributed by atoms with Crippen LogP contribution in [0.3, 0.4) is 0 Å². The van der Waals surface area contributed by atoms with Crippen molar-refractivity contribution in [3.63, 3.8) is 0 Å². The van der Waals surface area contributed by atoms with Crippen LogP contribution in [0.25, 0.3) is 10.8 Å². The summed E-state index contributed by atoms with van der Waals surface area (Å²) in [7, 11) is 0. The zero-order valence-electron chi connectivity index (χ0n) is 11.3. The van der Waals surface area contributed by atoms with E-state index in [1.807, 2.05) is 48.5 Å². The summed E-state index contributed by atoms with van der Waals surface area (Å²) in [6, 6.07) is 21.6. The number of hydrogen-bond donors (Lipinski definition) is 1. The summed E-state index contributed by atoms with van der Waals surface area (Å²) in [5.74, 6) is -0.115. The van der Waals surface area contributed by atoms with Crippen molar-refractivity contribution in [2.24, 2.45) is 0 Å². The number of carboxylic acids is 1. The van der Waals surface area contributed by atoms with Crippen molar-refractivity contribution in [2.75, 3.05) is 0 Å². The first-order valence-corrected chi connectivity index (χ1v) is 7.65. The molecule has 0 aliphatic heterocycles. The van der Waals surface area contributed by atoms with Gasteiger partial charge in [0.1, 0.15) is 0 Å². The van der Waals surface area contributed by atoms with Gasteiger partial charge in [0.15, 0.2) is 0 Å². The molecule has 3 aromatic rings. The summed E-state index contributed by atoms with van der Waals surface area (Å²) in [6.45, 7) is 0. The van der Waals surface area contributed by atoms with E-state index in [0.29, 0.717) is 5.56 Å². The number of hydrogen-bond acceptors (Lipinski definition) is 2. The van der Waals surface area contributed by atoms with Crippen LogP contribution in [0.1, 0.15) is 15.9 Å². The van der Waals surface area contributed by atoms with E-state index >= 15 is 0 Å². The molecule has 0 amide bonds. The molecule has 0 fully saturated rings. The van der Waals surface area contributed by atoms with Gasteiger partial charge < -0.3 is 5.11 Å². The molecule has 0 aromatic heterocycles. The lowest BCUT2D eigenvalue weighted by Crippen LogP contribution is -1.99. The van der Waals surface area contributed by atoms with E-state index in [1.54, 1.807) is 17.8 Å². The SMILES string of the molecule is O=C(O)c1cc2ccccc2cc1SCc1ccccc1. The van der Waals surface area contributed by atoms with Gasteiger partial charge in [-0.2, -0.15) is 0 Å². The summed E-state index contributed by atoms with van der Waals surface area (Å²) < 4.78 is 0. The van der Waals surface area contributed by atoms with E-state index < -0.39 is 5.97 Å². The Morgan fingerprint density at radius 1 is 0.905 bits per heavy atom. The lowest BCUT2D eigenvalue weighted by atomic mass is 10.1. The van der Waals surface area contributed by atoms with Crippen molar-refractivity contribution in [1.29, 1.82) is 0 Å². The van der Waals surface area contributed by atoms with Gasteiger partial charge in [-0.05, 0) is 28.5 Å². The topological polar surface area (TPSA) is 37.3 Å². The van der Waals surface area contributed by atoms with Crippen LogP contribution in [0.15, 0.2) is 71.6 Å². The van der Waals surface area contributed by atoms with Crippen LogP contribution in [0, 0.1) is 0 Å². The Hall–Kier alpha value is -2.26. The van der Waals surface area contributed by atoms with Crippen molar-refractivity contribution >= 4 is 28.5 Å². The lowest BCUT2D eigenvalue weighted by molar-refractivity contribution is 0.0693. The molecule has 104 valence electrons. The second-order valence-corrected chi connectivity index (χ2v) is 5.79. The lowest BCUT2D eigenvalue weighted by Gasteiger charge is -2.08. The molecule has 1 N–H and O–H groups in total. The number of rotatable bonds is 4. The average molecular weight is 294 g/mol. The van der Waals surface area contributed by atoms with Crippen LogP contribution >= 0.6 is 11.8 Å². The molecular formula is C18H14O2S. The van der Waals surface area contributed by atoms with Gasteiger partial charge in [-0.1, -0.05) is 54.6 Å². The molecule has 0 spiro atoms. The molecule has 0 atom stereocenters. The molecule has 3 rings (SSSR count). The molecule has 21 heavy (non-hydrogen) atoms. The minimum Gasteiger partial charge on any atom is -0.478 e. The van der Waals surface area contributed by atoms with E-state index in [-0.39, 0.29) is 0 Å². The van der Waals surface area contributed by atoms with Crippen LogP contribution in [0.5, 0.6) is 0 Å². The second kappa shape index (κ2) is 6.02. The number of carbonyl (C=O) groups is 1. The third-order valence-electron chi connectivity index (χ3n) is 3.32. The minimum absolute atomic E-state index is 0.370.